The number of hydrogen-bond donors (Lipinski definition) is 0. The summed E-state index contributed by atoms with van der Waals surface area (Å²) in [4.78, 5) is 4.00. The first-order chi connectivity index (χ1) is 7.80. The Morgan fingerprint density at radius 2 is 1.88 bits per heavy atom. The quantitative estimate of drug-likeness (QED) is 0.738. The fraction of sp³-hybridized carbons (Fsp3) is 0.462. The number of aromatic nitrogens is 2. The predicted octanol–water partition coefficient (Wildman–Crippen LogP) is 3.81. The van der Waals surface area contributed by atoms with Crippen LogP contribution in [-0.2, 0) is 12.5 Å². The van der Waals surface area contributed by atoms with Crippen molar-refractivity contribution in [3.05, 3.63) is 29.6 Å². The molecule has 1 aromatic carbocycles. The molecule has 2 aromatic rings. The zero-order valence-electron chi connectivity index (χ0n) is 10.5. The van der Waals surface area contributed by atoms with Crippen LogP contribution in [-0.4, -0.2) is 9.55 Å². The number of fused-ring (bicyclic) bond motifs is 1. The van der Waals surface area contributed by atoms with Crippen molar-refractivity contribution in [2.24, 2.45) is 7.05 Å². The van der Waals surface area contributed by atoms with Gasteiger partial charge in [-0.25, -0.2) is 13.8 Å². The minimum atomic E-state index is -2.54. The normalized spacial score (nSPS) is 12.6. The van der Waals surface area contributed by atoms with Crippen LogP contribution in [0, 0.1) is 0 Å². The van der Waals surface area contributed by atoms with Gasteiger partial charge in [-0.2, -0.15) is 0 Å². The zero-order chi connectivity index (χ0) is 12.8. The monoisotopic (exact) mass is 238 g/mol. The number of halogens is 2. The third kappa shape index (κ3) is 2.04. The van der Waals surface area contributed by atoms with E-state index in [2.05, 4.69) is 25.8 Å². The van der Waals surface area contributed by atoms with Gasteiger partial charge in [0.15, 0.2) is 5.82 Å². The van der Waals surface area contributed by atoms with Crippen molar-refractivity contribution in [3.63, 3.8) is 0 Å². The molecule has 2 rings (SSSR count). The molecule has 0 saturated heterocycles. The molecule has 4 heteroatoms. The van der Waals surface area contributed by atoms with Gasteiger partial charge < -0.3 is 4.57 Å². The first-order valence-corrected chi connectivity index (χ1v) is 5.55. The van der Waals surface area contributed by atoms with Gasteiger partial charge in [0.2, 0.25) is 0 Å². The Labute approximate surface area is 99.3 Å². The summed E-state index contributed by atoms with van der Waals surface area (Å²) in [5.74, 6) is -0.175. The highest BCUT2D eigenvalue weighted by atomic mass is 19.3. The minimum absolute atomic E-state index is 0.00327. The van der Waals surface area contributed by atoms with Crippen molar-refractivity contribution in [1.29, 1.82) is 0 Å². The first kappa shape index (κ1) is 12.0. The average molecular weight is 238 g/mol. The summed E-state index contributed by atoms with van der Waals surface area (Å²) >= 11 is 0. The number of rotatable bonds is 1. The molecule has 1 heterocycles. The van der Waals surface area contributed by atoms with Gasteiger partial charge in [-0.3, -0.25) is 0 Å². The van der Waals surface area contributed by atoms with Crippen LogP contribution in [0.15, 0.2) is 18.2 Å². The number of nitrogens with zero attached hydrogens (tertiary/aromatic N) is 2. The third-order valence-corrected chi connectivity index (χ3v) is 2.98. The molecule has 2 nitrogen and oxygen atoms in total. The molecule has 0 spiro atoms. The first-order valence-electron chi connectivity index (χ1n) is 5.55. The lowest BCUT2D eigenvalue weighted by Gasteiger charge is -2.18. The van der Waals surface area contributed by atoms with Gasteiger partial charge in [-0.1, -0.05) is 26.8 Å². The molecule has 1 aromatic heterocycles. The molecule has 0 fully saturated rings. The molecule has 0 radical (unpaired) electrons. The van der Waals surface area contributed by atoms with Crippen molar-refractivity contribution in [1.82, 2.24) is 9.55 Å². The predicted molar refractivity (Wildman–Crippen MR) is 64.4 cm³/mol. The van der Waals surface area contributed by atoms with Gasteiger partial charge in [-0.05, 0) is 23.1 Å². The molecular formula is C13H16F2N2. The second-order valence-corrected chi connectivity index (χ2v) is 5.28. The van der Waals surface area contributed by atoms with Crippen molar-refractivity contribution >= 4 is 11.0 Å². The van der Waals surface area contributed by atoms with Gasteiger partial charge in [-0.15, -0.1) is 0 Å². The highest BCUT2D eigenvalue weighted by molar-refractivity contribution is 5.77. The van der Waals surface area contributed by atoms with E-state index in [0.29, 0.717) is 5.52 Å². The Morgan fingerprint density at radius 3 is 2.41 bits per heavy atom. The van der Waals surface area contributed by atoms with Crippen LogP contribution in [0.25, 0.3) is 11.0 Å². The summed E-state index contributed by atoms with van der Waals surface area (Å²) in [5.41, 5.74) is 2.48. The molecule has 0 aliphatic carbocycles. The minimum Gasteiger partial charge on any atom is -0.326 e. The van der Waals surface area contributed by atoms with E-state index in [-0.39, 0.29) is 11.2 Å². The van der Waals surface area contributed by atoms with Crippen LogP contribution in [0.3, 0.4) is 0 Å². The largest absolute Gasteiger partial charge is 0.326 e. The van der Waals surface area contributed by atoms with E-state index in [1.54, 1.807) is 7.05 Å². The molecule has 0 amide bonds. The smallest absolute Gasteiger partial charge is 0.295 e. The highest BCUT2D eigenvalue weighted by Crippen LogP contribution is 2.28. The standard InChI is InChI=1S/C13H16F2N2/c1-13(2,3)8-5-6-10-9(7-8)16-12(11(14)15)17(10)4/h5-7,11H,1-4H3. The van der Waals surface area contributed by atoms with Crippen LogP contribution in [0.1, 0.15) is 38.6 Å². The lowest BCUT2D eigenvalue weighted by molar-refractivity contribution is 0.137. The van der Waals surface area contributed by atoms with E-state index < -0.39 is 6.43 Å². The Morgan fingerprint density at radius 1 is 1.24 bits per heavy atom. The Hall–Kier alpha value is -1.45. The van der Waals surface area contributed by atoms with Gasteiger partial charge in [0.05, 0.1) is 11.0 Å². The van der Waals surface area contributed by atoms with Crippen molar-refractivity contribution in [3.8, 4) is 0 Å². The van der Waals surface area contributed by atoms with Gasteiger partial charge in [0.25, 0.3) is 6.43 Å². The molecule has 0 bridgehead atoms. The highest BCUT2D eigenvalue weighted by Gasteiger charge is 2.19. The molecule has 0 unspecified atom stereocenters. The molecular weight excluding hydrogens is 222 g/mol. The summed E-state index contributed by atoms with van der Waals surface area (Å²) < 4.78 is 26.9. The van der Waals surface area contributed by atoms with Gasteiger partial charge in [0.1, 0.15) is 0 Å². The SMILES string of the molecule is Cn1c(C(F)F)nc2cc(C(C)(C)C)ccc21. The second-order valence-electron chi connectivity index (χ2n) is 5.28. The van der Waals surface area contributed by atoms with E-state index in [4.69, 9.17) is 0 Å². The summed E-state index contributed by atoms with van der Waals surface area (Å²) in [5, 5.41) is 0. The van der Waals surface area contributed by atoms with E-state index >= 15 is 0 Å². The van der Waals surface area contributed by atoms with Crippen molar-refractivity contribution in [2.75, 3.05) is 0 Å². The lowest BCUT2D eigenvalue weighted by atomic mass is 9.87. The number of imidazole rings is 1. The van der Waals surface area contributed by atoms with Crippen LogP contribution < -0.4 is 0 Å². The molecule has 92 valence electrons. The molecule has 0 saturated carbocycles. The molecule has 0 atom stereocenters. The topological polar surface area (TPSA) is 17.8 Å². The maximum absolute atomic E-state index is 12.7. The fourth-order valence-electron chi connectivity index (χ4n) is 1.88. The second kappa shape index (κ2) is 3.79. The van der Waals surface area contributed by atoms with E-state index in [9.17, 15) is 8.78 Å². The number of hydrogen-bond acceptors (Lipinski definition) is 1. The van der Waals surface area contributed by atoms with E-state index in [1.807, 2.05) is 18.2 Å². The summed E-state index contributed by atoms with van der Waals surface area (Å²) in [6.07, 6.45) is -2.54. The Balaban J connectivity index is 2.64. The van der Waals surface area contributed by atoms with Crippen LogP contribution in [0.2, 0.25) is 0 Å². The summed E-state index contributed by atoms with van der Waals surface area (Å²) in [7, 11) is 1.62. The number of benzene rings is 1. The molecule has 17 heavy (non-hydrogen) atoms. The average Bonchev–Trinajstić information content (AvgIpc) is 2.54. The van der Waals surface area contributed by atoms with Gasteiger partial charge in [0, 0.05) is 7.05 Å². The zero-order valence-corrected chi connectivity index (χ0v) is 10.5. The number of aryl methyl sites for hydroxylation is 1. The Kier molecular flexibility index (Phi) is 2.68. The van der Waals surface area contributed by atoms with Crippen LogP contribution in [0.5, 0.6) is 0 Å². The van der Waals surface area contributed by atoms with Crippen molar-refractivity contribution in [2.45, 2.75) is 32.6 Å². The van der Waals surface area contributed by atoms with Gasteiger partial charge >= 0.3 is 0 Å². The molecule has 0 aliphatic heterocycles. The third-order valence-electron chi connectivity index (χ3n) is 2.98. The number of alkyl halides is 2. The van der Waals surface area contributed by atoms with E-state index in [1.165, 1.54) is 4.57 Å². The summed E-state index contributed by atoms with van der Waals surface area (Å²) in [6, 6.07) is 5.72. The maximum Gasteiger partial charge on any atom is 0.295 e. The Bertz CT molecular complexity index is 550. The van der Waals surface area contributed by atoms with E-state index in [0.717, 1.165) is 11.1 Å². The lowest BCUT2D eigenvalue weighted by Crippen LogP contribution is -2.10. The summed E-state index contributed by atoms with van der Waals surface area (Å²) in [6.45, 7) is 6.27. The van der Waals surface area contributed by atoms with Crippen LogP contribution >= 0.6 is 0 Å². The maximum atomic E-state index is 12.7. The fourth-order valence-corrected chi connectivity index (χ4v) is 1.88. The van der Waals surface area contributed by atoms with Crippen molar-refractivity contribution < 1.29 is 8.78 Å². The van der Waals surface area contributed by atoms with Crippen LogP contribution in [0.4, 0.5) is 8.78 Å². The molecule has 0 N–H and O–H groups in total. The molecule has 0 aliphatic rings.